The Hall–Kier alpha value is -0.990. The van der Waals surface area contributed by atoms with E-state index >= 15 is 0 Å². The van der Waals surface area contributed by atoms with Crippen molar-refractivity contribution in [2.45, 2.75) is 140 Å². The number of nitrogens with zero attached hydrogens (tertiary/aromatic N) is 3. The number of aliphatic hydroxyl groups excluding tert-OH is 10. The lowest BCUT2D eigenvalue weighted by Crippen LogP contribution is -2.82. The van der Waals surface area contributed by atoms with Crippen LogP contribution in [0.2, 0.25) is 0 Å². The molecule has 4 saturated heterocycles. The second-order valence-electron chi connectivity index (χ2n) is 13.5. The van der Waals surface area contributed by atoms with Crippen LogP contribution in [0.1, 0.15) is 20.3 Å². The molecule has 0 aromatic rings. The van der Waals surface area contributed by atoms with Crippen molar-refractivity contribution < 1.29 is 84.2 Å². The highest BCUT2D eigenvalue weighted by Crippen LogP contribution is 2.55. The summed E-state index contributed by atoms with van der Waals surface area (Å²) in [4.78, 5) is 2.78. The molecule has 4 heterocycles. The van der Waals surface area contributed by atoms with Gasteiger partial charge >= 0.3 is 0 Å². The van der Waals surface area contributed by atoms with Crippen LogP contribution < -0.4 is 0 Å². The van der Waals surface area contributed by atoms with Crippen LogP contribution in [0.3, 0.4) is 0 Å². The third kappa shape index (κ3) is 7.59. The fourth-order valence-corrected chi connectivity index (χ4v) is 7.54. The highest BCUT2D eigenvalue weighted by atomic mass is 35.6. The maximum absolute atomic E-state index is 11.3. The first-order valence-electron chi connectivity index (χ1n) is 16.3. The van der Waals surface area contributed by atoms with E-state index in [2.05, 4.69) is 10.0 Å². The standard InChI is InChI=1S/C28H43Cl3N4O17/c1-6-9(3-8(38)16(41)14(6)39)47-22-19(44)17(42)11(5-37)49-25(22)52-27(23-20(45)18(43)15(40)7(2)46-23)12-10(4-36)48-24(50-26(32)28(29,30)31)13(34-35-33)21(12)51-27/h6-25,32,36-45H,3-5H2,1-2H3/t6?,7?,8?,9-,10?,11?,12+,13?,14+,15-,16+,17+,18?,19+,20+,21+,22-,23+,24?,25+,27?/m1/s1. The van der Waals surface area contributed by atoms with Crippen molar-refractivity contribution in [2.24, 2.45) is 17.0 Å². The molecule has 5 rings (SSSR count). The molecule has 9 unspecified atom stereocenters. The third-order valence-corrected chi connectivity index (χ3v) is 10.9. The molecule has 24 heteroatoms. The van der Waals surface area contributed by atoms with E-state index in [1.165, 1.54) is 13.8 Å². The second kappa shape index (κ2) is 16.2. The molecule has 52 heavy (non-hydrogen) atoms. The third-order valence-electron chi connectivity index (χ3n) is 10.4. The van der Waals surface area contributed by atoms with Crippen LogP contribution in [-0.2, 0) is 33.2 Å². The topological polar surface area (TPSA) is 340 Å². The first-order chi connectivity index (χ1) is 24.3. The van der Waals surface area contributed by atoms with Gasteiger partial charge in [0.05, 0.1) is 55.8 Å². The smallest absolute Gasteiger partial charge is 0.265 e. The molecule has 21 nitrogen and oxygen atoms in total. The van der Waals surface area contributed by atoms with Crippen LogP contribution in [0, 0.1) is 17.2 Å². The van der Waals surface area contributed by atoms with Crippen LogP contribution in [0.4, 0.5) is 0 Å². The van der Waals surface area contributed by atoms with E-state index in [0.29, 0.717) is 0 Å². The van der Waals surface area contributed by atoms with Crippen LogP contribution in [0.5, 0.6) is 0 Å². The molecule has 5 fully saturated rings. The molecule has 0 bridgehead atoms. The number of alkyl halides is 3. The minimum Gasteiger partial charge on any atom is -0.448 e. The maximum atomic E-state index is 11.3. The van der Waals surface area contributed by atoms with E-state index < -0.39 is 151 Å². The van der Waals surface area contributed by atoms with E-state index in [1.807, 2.05) is 0 Å². The molecule has 1 saturated carbocycles. The van der Waals surface area contributed by atoms with Gasteiger partial charge in [-0.15, -0.1) is 0 Å². The molecule has 298 valence electrons. The van der Waals surface area contributed by atoms with Gasteiger partial charge in [0.1, 0.15) is 61.0 Å². The summed E-state index contributed by atoms with van der Waals surface area (Å²) in [7, 11) is 0. The highest BCUT2D eigenvalue weighted by molar-refractivity contribution is 6.76. The van der Waals surface area contributed by atoms with E-state index in [0.717, 1.165) is 0 Å². The van der Waals surface area contributed by atoms with Crippen molar-refractivity contribution in [3.05, 3.63) is 10.4 Å². The van der Waals surface area contributed by atoms with Crippen molar-refractivity contribution in [3.8, 4) is 0 Å². The van der Waals surface area contributed by atoms with Crippen LogP contribution in [-0.4, -0.2) is 190 Å². The number of fused-ring (bicyclic) bond motifs is 1. The molecule has 0 aromatic carbocycles. The molecule has 11 N–H and O–H groups in total. The largest absolute Gasteiger partial charge is 0.448 e. The van der Waals surface area contributed by atoms with Crippen molar-refractivity contribution in [3.63, 3.8) is 0 Å². The van der Waals surface area contributed by atoms with Crippen LogP contribution in [0.15, 0.2) is 5.11 Å². The molecule has 5 aliphatic rings. The highest BCUT2D eigenvalue weighted by Gasteiger charge is 2.74. The normalized spacial score (nSPS) is 51.1. The minimum absolute atomic E-state index is 0.258. The van der Waals surface area contributed by atoms with Gasteiger partial charge in [-0.3, -0.25) is 5.41 Å². The summed E-state index contributed by atoms with van der Waals surface area (Å²) in [6.07, 6.45) is -27.7. The van der Waals surface area contributed by atoms with Crippen molar-refractivity contribution in [2.75, 3.05) is 13.2 Å². The summed E-state index contributed by atoms with van der Waals surface area (Å²) in [6.45, 7) is 1.11. The molecule has 0 amide bonds. The monoisotopic (exact) mass is 812 g/mol. The Morgan fingerprint density at radius 3 is 2.10 bits per heavy atom. The Labute approximate surface area is 310 Å². The molecule has 21 atom stereocenters. The van der Waals surface area contributed by atoms with Gasteiger partial charge in [-0.05, 0) is 12.5 Å². The SMILES string of the molecule is CC1O[C@H](C2(O[C@@H]3OC(CO)[C@H](O)[C@H](O)[C@H]3O[C@@H]3CC(O)[C@H](O)[C@@H](O)C3C)O[C@@H]3C(N=[N+]=[N-])C(OC(=N)C(Cl)(Cl)Cl)OC(CO)[C@@H]32)[C@@H](O)C(O)[C@@H]1O. The Balaban J connectivity index is 1.56. The van der Waals surface area contributed by atoms with E-state index in [-0.39, 0.29) is 6.42 Å². The maximum Gasteiger partial charge on any atom is 0.265 e. The first kappa shape index (κ1) is 42.2. The Bertz CT molecular complexity index is 1320. The molecule has 0 aromatic heterocycles. The average molecular weight is 814 g/mol. The molecule has 0 radical (unpaired) electrons. The Kier molecular flexibility index (Phi) is 13.2. The number of halogens is 3. The van der Waals surface area contributed by atoms with Gasteiger partial charge in [0, 0.05) is 17.3 Å². The van der Waals surface area contributed by atoms with Gasteiger partial charge in [0.2, 0.25) is 18.0 Å². The van der Waals surface area contributed by atoms with Crippen molar-refractivity contribution in [1.82, 2.24) is 0 Å². The first-order valence-corrected chi connectivity index (χ1v) is 17.5. The van der Waals surface area contributed by atoms with E-state index in [1.54, 1.807) is 0 Å². The number of ether oxygens (including phenoxy) is 7. The summed E-state index contributed by atoms with van der Waals surface area (Å²) in [6, 6.07) is -1.52. The molecule has 0 spiro atoms. The summed E-state index contributed by atoms with van der Waals surface area (Å²) < 4.78 is 39.4. The fourth-order valence-electron chi connectivity index (χ4n) is 7.41. The zero-order valence-corrected chi connectivity index (χ0v) is 29.7. The van der Waals surface area contributed by atoms with E-state index in [9.17, 15) is 56.6 Å². The Morgan fingerprint density at radius 2 is 1.50 bits per heavy atom. The zero-order chi connectivity index (χ0) is 38.6. The molecular formula is C28H43Cl3N4O17. The van der Waals surface area contributed by atoms with Gasteiger partial charge in [0.25, 0.3) is 3.79 Å². The lowest BCUT2D eigenvalue weighted by atomic mass is 9.71. The van der Waals surface area contributed by atoms with Gasteiger partial charge in [-0.25, -0.2) is 0 Å². The summed E-state index contributed by atoms with van der Waals surface area (Å²) in [5, 5.41) is 118. The Morgan fingerprint density at radius 1 is 0.865 bits per heavy atom. The molecular weight excluding hydrogens is 771 g/mol. The predicted molar refractivity (Wildman–Crippen MR) is 171 cm³/mol. The van der Waals surface area contributed by atoms with Gasteiger partial charge in [0.15, 0.2) is 6.29 Å². The fraction of sp³-hybridized carbons (Fsp3) is 0.964. The summed E-state index contributed by atoms with van der Waals surface area (Å²) in [5.74, 6) is -5.63. The van der Waals surface area contributed by atoms with Gasteiger partial charge in [-0.1, -0.05) is 46.8 Å². The number of nitrogens with one attached hydrogen (secondary N) is 1. The number of aliphatic hydroxyl groups is 10. The predicted octanol–water partition coefficient (Wildman–Crippen LogP) is -3.34. The van der Waals surface area contributed by atoms with Crippen LogP contribution in [0.25, 0.3) is 10.4 Å². The van der Waals surface area contributed by atoms with Crippen molar-refractivity contribution in [1.29, 1.82) is 5.41 Å². The minimum atomic E-state index is -2.44. The zero-order valence-electron chi connectivity index (χ0n) is 27.5. The molecule has 4 aliphatic heterocycles. The average Bonchev–Trinajstić information content (AvgIpc) is 3.08. The van der Waals surface area contributed by atoms with Gasteiger partial charge < -0.3 is 84.2 Å². The lowest BCUT2D eigenvalue weighted by Gasteiger charge is -2.65. The summed E-state index contributed by atoms with van der Waals surface area (Å²) >= 11 is 17.3. The van der Waals surface area contributed by atoms with Gasteiger partial charge in [-0.2, -0.15) is 0 Å². The summed E-state index contributed by atoms with van der Waals surface area (Å²) in [5.41, 5.74) is 9.43. The van der Waals surface area contributed by atoms with Crippen LogP contribution >= 0.6 is 34.8 Å². The quantitative estimate of drug-likeness (QED) is 0.0271. The molecule has 1 aliphatic carbocycles. The van der Waals surface area contributed by atoms with Crippen molar-refractivity contribution >= 4 is 40.7 Å². The second-order valence-corrected chi connectivity index (χ2v) is 15.8. The number of rotatable bonds is 9. The van der Waals surface area contributed by atoms with E-state index in [4.69, 9.17) is 73.4 Å². The number of azide groups is 1. The lowest BCUT2D eigenvalue weighted by molar-refractivity contribution is -0.505. The number of hydrogen-bond donors (Lipinski definition) is 11. The number of hydrogen-bond acceptors (Lipinski definition) is 19.